The summed E-state index contributed by atoms with van der Waals surface area (Å²) < 4.78 is 1.85. The summed E-state index contributed by atoms with van der Waals surface area (Å²) in [5.74, 6) is 0.244. The van der Waals surface area contributed by atoms with Gasteiger partial charge in [0.25, 0.3) is 0 Å². The molecule has 3 rings (SSSR count). The van der Waals surface area contributed by atoms with Crippen LogP contribution in [0, 0.1) is 6.92 Å². The molecule has 3 nitrogen and oxygen atoms in total. The molecule has 0 bridgehead atoms. The van der Waals surface area contributed by atoms with Crippen LogP contribution in [0.25, 0.3) is 22.5 Å². The van der Waals surface area contributed by atoms with E-state index in [0.29, 0.717) is 12.2 Å². The van der Waals surface area contributed by atoms with E-state index in [2.05, 4.69) is 11.2 Å². The van der Waals surface area contributed by atoms with E-state index < -0.39 is 0 Å². The summed E-state index contributed by atoms with van der Waals surface area (Å²) in [7, 11) is 0. The van der Waals surface area contributed by atoms with Gasteiger partial charge in [0.2, 0.25) is 0 Å². The van der Waals surface area contributed by atoms with Crippen molar-refractivity contribution < 1.29 is 5.11 Å². The van der Waals surface area contributed by atoms with Gasteiger partial charge in [0.1, 0.15) is 11.4 Å². The molecule has 0 radical (unpaired) electrons. The molecule has 0 saturated carbocycles. The molecule has 1 aromatic heterocycles. The zero-order valence-electron chi connectivity index (χ0n) is 12.2. The highest BCUT2D eigenvalue weighted by molar-refractivity contribution is 5.78. The normalized spacial score (nSPS) is 10.8. The van der Waals surface area contributed by atoms with Crippen molar-refractivity contribution in [3.8, 4) is 28.3 Å². The van der Waals surface area contributed by atoms with Crippen molar-refractivity contribution in [2.24, 2.45) is 0 Å². The van der Waals surface area contributed by atoms with E-state index in [1.807, 2.05) is 67.1 Å². The molecule has 1 heterocycles. The van der Waals surface area contributed by atoms with Crippen molar-refractivity contribution in [1.82, 2.24) is 9.78 Å². The molecular formula is C18H18N2O. The average molecular weight is 278 g/mol. The molecule has 2 aromatic carbocycles. The molecule has 0 aliphatic rings. The lowest BCUT2D eigenvalue weighted by atomic mass is 10.1. The molecule has 1 N–H and O–H groups in total. The highest BCUT2D eigenvalue weighted by Crippen LogP contribution is 2.37. The van der Waals surface area contributed by atoms with Crippen molar-refractivity contribution in [1.29, 1.82) is 0 Å². The van der Waals surface area contributed by atoms with E-state index in [1.165, 1.54) is 0 Å². The van der Waals surface area contributed by atoms with Gasteiger partial charge in [-0.05, 0) is 19.9 Å². The third-order valence-electron chi connectivity index (χ3n) is 3.57. The summed E-state index contributed by atoms with van der Waals surface area (Å²) >= 11 is 0. The number of aromatic nitrogens is 2. The first-order chi connectivity index (χ1) is 10.2. The van der Waals surface area contributed by atoms with Crippen molar-refractivity contribution >= 4 is 0 Å². The summed E-state index contributed by atoms with van der Waals surface area (Å²) in [6.07, 6.45) is 0. The Balaban J connectivity index is 2.20. The predicted octanol–water partition coefficient (Wildman–Crippen LogP) is 4.25. The van der Waals surface area contributed by atoms with E-state index in [0.717, 1.165) is 22.4 Å². The minimum atomic E-state index is 0.244. The van der Waals surface area contributed by atoms with Gasteiger partial charge < -0.3 is 5.11 Å². The Morgan fingerprint density at radius 3 is 2.38 bits per heavy atom. The van der Waals surface area contributed by atoms with E-state index in [4.69, 9.17) is 0 Å². The van der Waals surface area contributed by atoms with Crippen LogP contribution in [-0.4, -0.2) is 14.9 Å². The molecule has 0 aliphatic carbocycles. The van der Waals surface area contributed by atoms with Gasteiger partial charge in [-0.2, -0.15) is 5.10 Å². The molecule has 21 heavy (non-hydrogen) atoms. The summed E-state index contributed by atoms with van der Waals surface area (Å²) in [6, 6.07) is 17.9. The van der Waals surface area contributed by atoms with Crippen LogP contribution in [0.3, 0.4) is 0 Å². The number of hydrogen-bond donors (Lipinski definition) is 1. The monoisotopic (exact) mass is 278 g/mol. The minimum absolute atomic E-state index is 0.244. The molecule has 106 valence electrons. The number of hydrogen-bond acceptors (Lipinski definition) is 2. The fourth-order valence-electron chi connectivity index (χ4n) is 2.55. The molecule has 0 aliphatic heterocycles. The van der Waals surface area contributed by atoms with Crippen LogP contribution in [-0.2, 0) is 6.54 Å². The van der Waals surface area contributed by atoms with Gasteiger partial charge in [-0.1, -0.05) is 54.1 Å². The number of nitrogens with zero attached hydrogens (tertiary/aromatic N) is 2. The minimum Gasteiger partial charge on any atom is -0.504 e. The quantitative estimate of drug-likeness (QED) is 0.777. The predicted molar refractivity (Wildman–Crippen MR) is 85.2 cm³/mol. The van der Waals surface area contributed by atoms with Crippen LogP contribution in [0.2, 0.25) is 0 Å². The van der Waals surface area contributed by atoms with Crippen LogP contribution in [0.4, 0.5) is 0 Å². The molecule has 0 spiro atoms. The van der Waals surface area contributed by atoms with Crippen molar-refractivity contribution in [2.45, 2.75) is 20.4 Å². The van der Waals surface area contributed by atoms with Crippen molar-refractivity contribution in [3.63, 3.8) is 0 Å². The highest BCUT2D eigenvalue weighted by Gasteiger charge is 2.19. The molecule has 0 fully saturated rings. The summed E-state index contributed by atoms with van der Waals surface area (Å²) in [5.41, 5.74) is 4.49. The fourth-order valence-corrected chi connectivity index (χ4v) is 2.55. The number of rotatable bonds is 3. The fraction of sp³-hybridized carbons (Fsp3) is 0.167. The largest absolute Gasteiger partial charge is 0.504 e. The van der Waals surface area contributed by atoms with Gasteiger partial charge in [-0.15, -0.1) is 0 Å². The van der Waals surface area contributed by atoms with Gasteiger partial charge in [0.05, 0.1) is 0 Å². The van der Waals surface area contributed by atoms with Crippen molar-refractivity contribution in [3.05, 3.63) is 60.2 Å². The Bertz CT molecular complexity index is 760. The van der Waals surface area contributed by atoms with Gasteiger partial charge in [-0.25, -0.2) is 0 Å². The van der Waals surface area contributed by atoms with E-state index in [-0.39, 0.29) is 5.75 Å². The molecule has 0 amide bonds. The first kappa shape index (κ1) is 13.4. The third-order valence-corrected chi connectivity index (χ3v) is 3.57. The van der Waals surface area contributed by atoms with Crippen LogP contribution in [0.15, 0.2) is 54.6 Å². The number of benzene rings is 2. The Kier molecular flexibility index (Phi) is 3.48. The lowest BCUT2D eigenvalue weighted by Crippen LogP contribution is -1.99. The Labute approximate surface area is 124 Å². The van der Waals surface area contributed by atoms with Crippen LogP contribution in [0.5, 0.6) is 5.75 Å². The molecule has 0 unspecified atom stereocenters. The number of aromatic hydroxyl groups is 1. The SMILES string of the molecule is CCn1nc(-c2ccccc2)c(O)c1-c1cccc(C)c1. The van der Waals surface area contributed by atoms with Crippen LogP contribution >= 0.6 is 0 Å². The van der Waals surface area contributed by atoms with Gasteiger partial charge in [0, 0.05) is 17.7 Å². The highest BCUT2D eigenvalue weighted by atomic mass is 16.3. The van der Waals surface area contributed by atoms with E-state index >= 15 is 0 Å². The summed E-state index contributed by atoms with van der Waals surface area (Å²) in [4.78, 5) is 0. The molecule has 0 saturated heterocycles. The summed E-state index contributed by atoms with van der Waals surface area (Å²) in [5, 5.41) is 15.2. The second-order valence-corrected chi connectivity index (χ2v) is 5.10. The summed E-state index contributed by atoms with van der Waals surface area (Å²) in [6.45, 7) is 4.79. The maximum Gasteiger partial charge on any atom is 0.169 e. The standard InChI is InChI=1S/C18H18N2O/c1-3-20-17(15-11-7-8-13(2)12-15)18(21)16(19-20)14-9-5-4-6-10-14/h4-12,21H,3H2,1-2H3. The smallest absolute Gasteiger partial charge is 0.169 e. The lowest BCUT2D eigenvalue weighted by Gasteiger charge is -2.06. The number of aryl methyl sites for hydroxylation is 2. The Morgan fingerprint density at radius 2 is 1.71 bits per heavy atom. The Morgan fingerprint density at radius 1 is 1.00 bits per heavy atom. The van der Waals surface area contributed by atoms with Crippen LogP contribution in [0.1, 0.15) is 12.5 Å². The first-order valence-electron chi connectivity index (χ1n) is 7.13. The van der Waals surface area contributed by atoms with E-state index in [1.54, 1.807) is 0 Å². The topological polar surface area (TPSA) is 38.0 Å². The molecule has 3 aromatic rings. The van der Waals surface area contributed by atoms with Gasteiger partial charge in [0.15, 0.2) is 5.75 Å². The maximum atomic E-state index is 10.7. The first-order valence-corrected chi connectivity index (χ1v) is 7.13. The zero-order valence-corrected chi connectivity index (χ0v) is 12.2. The van der Waals surface area contributed by atoms with Gasteiger partial charge >= 0.3 is 0 Å². The molecular weight excluding hydrogens is 260 g/mol. The second-order valence-electron chi connectivity index (χ2n) is 5.10. The maximum absolute atomic E-state index is 10.7. The molecule has 0 atom stereocenters. The second kappa shape index (κ2) is 5.44. The Hall–Kier alpha value is -2.55. The molecule has 3 heteroatoms. The van der Waals surface area contributed by atoms with Crippen molar-refractivity contribution in [2.75, 3.05) is 0 Å². The average Bonchev–Trinajstić information content (AvgIpc) is 2.85. The lowest BCUT2D eigenvalue weighted by molar-refractivity contribution is 0.478. The third kappa shape index (κ3) is 2.42. The zero-order chi connectivity index (χ0) is 14.8. The van der Waals surface area contributed by atoms with Crippen LogP contribution < -0.4 is 0 Å². The van der Waals surface area contributed by atoms with Gasteiger partial charge in [-0.3, -0.25) is 4.68 Å². The van der Waals surface area contributed by atoms with E-state index in [9.17, 15) is 5.11 Å².